The number of hydrogen-bond donors (Lipinski definition) is 0. The van der Waals surface area contributed by atoms with E-state index >= 15 is 0 Å². The van der Waals surface area contributed by atoms with Crippen LogP contribution < -0.4 is 18.7 Å². The van der Waals surface area contributed by atoms with Gasteiger partial charge in [0.2, 0.25) is 0 Å². The molecule has 0 saturated heterocycles. The third kappa shape index (κ3) is 3.64. The first-order valence-corrected chi connectivity index (χ1v) is 9.00. The predicted octanol–water partition coefficient (Wildman–Crippen LogP) is 0.399. The van der Waals surface area contributed by atoms with Gasteiger partial charge in [-0.15, -0.1) is 0 Å². The summed E-state index contributed by atoms with van der Waals surface area (Å²) < 4.78 is 43.3. The topological polar surface area (TPSA) is 87.6 Å². The molecule has 0 spiro atoms. The molecule has 1 unspecified atom stereocenters. The molecule has 1 heterocycles. The van der Waals surface area contributed by atoms with Crippen molar-refractivity contribution in [1.29, 1.82) is 0 Å². The number of hydrogen-bond acceptors (Lipinski definition) is 5. The minimum absolute atomic E-state index is 0.623. The molecule has 2 aromatic carbocycles. The molecular weight excluding hydrogens is 340 g/mol. The lowest BCUT2D eigenvalue weighted by molar-refractivity contribution is -1.91. The summed E-state index contributed by atoms with van der Waals surface area (Å²) in [7, 11) is -4.29. The fraction of sp³-hybridized carbons (Fsp3) is 0.0625. The number of halogens is 1. The van der Waals surface area contributed by atoms with Gasteiger partial charge < -0.3 is 4.74 Å². The summed E-state index contributed by atoms with van der Waals surface area (Å²) in [4.78, 5) is 1.28. The Morgan fingerprint density at radius 3 is 2.26 bits per heavy atom. The molecule has 0 bridgehead atoms. The summed E-state index contributed by atoms with van der Waals surface area (Å²) in [6.45, 7) is 0. The number of ether oxygens (including phenoxy) is 1. The monoisotopic (exact) mass is 352 g/mol. The van der Waals surface area contributed by atoms with Crippen LogP contribution in [0.1, 0.15) is 11.1 Å². The fourth-order valence-electron chi connectivity index (χ4n) is 2.24. The lowest BCUT2D eigenvalue weighted by atomic mass is 10.1. The summed E-state index contributed by atoms with van der Waals surface area (Å²) in [6.07, 6.45) is 3.64. The Morgan fingerprint density at radius 2 is 1.61 bits per heavy atom. The van der Waals surface area contributed by atoms with Crippen molar-refractivity contribution in [3.63, 3.8) is 0 Å². The van der Waals surface area contributed by atoms with E-state index in [0.29, 0.717) is 15.5 Å². The molecule has 120 valence electrons. The summed E-state index contributed by atoms with van der Waals surface area (Å²) in [5, 5.41) is 0. The Labute approximate surface area is 138 Å². The summed E-state index contributed by atoms with van der Waals surface area (Å²) >= 11 is 0. The summed E-state index contributed by atoms with van der Waals surface area (Å²) in [5.74, 6) is 0.685. The van der Waals surface area contributed by atoms with Gasteiger partial charge in [-0.05, 0) is 35.4 Å². The van der Waals surface area contributed by atoms with Crippen molar-refractivity contribution in [3.8, 4) is 5.75 Å². The first-order chi connectivity index (χ1) is 11.0. The predicted molar refractivity (Wildman–Crippen MR) is 79.5 cm³/mol. The van der Waals surface area contributed by atoms with E-state index in [1.54, 1.807) is 49.6 Å². The SMILES string of the molecule is COc1ccc(C2=S(O[Cl+3]([O-])([O-])[O-])c3ccccc3C=C2)cc1. The Bertz CT molecular complexity index is 778. The lowest BCUT2D eigenvalue weighted by Crippen LogP contribution is -2.60. The highest BCUT2D eigenvalue weighted by Crippen LogP contribution is 2.39. The zero-order chi connectivity index (χ0) is 16.4. The highest BCUT2D eigenvalue weighted by molar-refractivity contribution is 8.12. The number of benzene rings is 2. The summed E-state index contributed by atoms with van der Waals surface area (Å²) in [5.41, 5.74) is 1.59. The van der Waals surface area contributed by atoms with E-state index in [-0.39, 0.29) is 0 Å². The van der Waals surface area contributed by atoms with E-state index in [2.05, 4.69) is 0 Å². The second kappa shape index (κ2) is 6.45. The van der Waals surface area contributed by atoms with Gasteiger partial charge in [-0.2, -0.15) is 14.0 Å². The molecule has 1 atom stereocenters. The van der Waals surface area contributed by atoms with Crippen LogP contribution in [0, 0.1) is 10.2 Å². The maximum atomic E-state index is 11.1. The van der Waals surface area contributed by atoms with Crippen molar-refractivity contribution < 1.29 is 32.7 Å². The first-order valence-electron chi connectivity index (χ1n) is 6.61. The molecule has 7 heteroatoms. The normalized spacial score (nSPS) is 17.0. The zero-order valence-electron chi connectivity index (χ0n) is 12.1. The Hall–Kier alpha value is -1.67. The van der Waals surface area contributed by atoms with Crippen LogP contribution in [-0.4, -0.2) is 12.0 Å². The van der Waals surface area contributed by atoms with Gasteiger partial charge in [-0.1, -0.05) is 36.4 Å². The molecule has 0 saturated carbocycles. The van der Waals surface area contributed by atoms with Crippen molar-refractivity contribution in [2.75, 3.05) is 7.11 Å². The van der Waals surface area contributed by atoms with Gasteiger partial charge in [0, 0.05) is 0 Å². The van der Waals surface area contributed by atoms with Crippen LogP contribution in [0.5, 0.6) is 5.75 Å². The quantitative estimate of drug-likeness (QED) is 0.743. The van der Waals surface area contributed by atoms with Crippen molar-refractivity contribution in [2.24, 2.45) is 0 Å². The Morgan fingerprint density at radius 1 is 0.913 bits per heavy atom. The molecule has 1 aliphatic heterocycles. The van der Waals surface area contributed by atoms with Crippen LogP contribution in [0.2, 0.25) is 0 Å². The van der Waals surface area contributed by atoms with Crippen LogP contribution in [-0.2, 0) is 3.74 Å². The van der Waals surface area contributed by atoms with Crippen LogP contribution in [0.3, 0.4) is 0 Å². The van der Waals surface area contributed by atoms with Gasteiger partial charge in [0.25, 0.3) is 0 Å². The number of fused-ring (bicyclic) bond motifs is 1. The van der Waals surface area contributed by atoms with Gasteiger partial charge in [0.15, 0.2) is 0 Å². The third-order valence-corrected chi connectivity index (χ3v) is 5.91. The average Bonchev–Trinajstić information content (AvgIpc) is 2.54. The second-order valence-electron chi connectivity index (χ2n) is 4.67. The van der Waals surface area contributed by atoms with E-state index < -0.39 is 21.0 Å². The minimum Gasteiger partial charge on any atom is -0.497 e. The zero-order valence-corrected chi connectivity index (χ0v) is 13.7. The highest BCUT2D eigenvalue weighted by Gasteiger charge is 2.29. The number of rotatable bonds is 4. The molecule has 0 amide bonds. The Balaban J connectivity index is 2.14. The molecule has 0 aliphatic carbocycles. The molecule has 3 rings (SSSR count). The van der Waals surface area contributed by atoms with E-state index in [1.807, 2.05) is 18.2 Å². The molecule has 1 aliphatic rings. The van der Waals surface area contributed by atoms with Crippen LogP contribution in [0.4, 0.5) is 0 Å². The van der Waals surface area contributed by atoms with E-state index in [4.69, 9.17) is 8.47 Å². The van der Waals surface area contributed by atoms with Crippen LogP contribution >= 0.6 is 10.8 Å². The second-order valence-corrected chi connectivity index (χ2v) is 7.35. The summed E-state index contributed by atoms with van der Waals surface area (Å²) in [6, 6.07) is 14.3. The number of methoxy groups -OCH3 is 1. The first kappa shape index (κ1) is 16.2. The van der Waals surface area contributed by atoms with E-state index in [1.165, 1.54) is 0 Å². The number of allylic oxidation sites excluding steroid dienone is 1. The van der Waals surface area contributed by atoms with Crippen molar-refractivity contribution in [3.05, 3.63) is 65.7 Å². The van der Waals surface area contributed by atoms with Gasteiger partial charge in [-0.3, -0.25) is 0 Å². The lowest BCUT2D eigenvalue weighted by Gasteiger charge is -2.19. The maximum absolute atomic E-state index is 11.1. The molecule has 0 fully saturated rings. The van der Waals surface area contributed by atoms with Crippen molar-refractivity contribution in [1.82, 2.24) is 0 Å². The van der Waals surface area contributed by atoms with E-state index in [0.717, 1.165) is 11.1 Å². The molecule has 23 heavy (non-hydrogen) atoms. The molecule has 2 aromatic rings. The van der Waals surface area contributed by atoms with E-state index in [9.17, 15) is 14.0 Å². The fourth-order valence-corrected chi connectivity index (χ4v) is 4.73. The molecule has 0 N–H and O–H groups in total. The van der Waals surface area contributed by atoms with Crippen LogP contribution in [0.25, 0.3) is 6.08 Å². The van der Waals surface area contributed by atoms with Crippen LogP contribution in [0.15, 0.2) is 59.5 Å². The smallest absolute Gasteiger partial charge is 0.148 e. The standard InChI is InChI=1S/C16H13ClO5S/c1-21-14-9-6-13(7-10-14)16-11-8-12-4-2-3-5-15(12)23(16)22-17(18,19)20/h2-11H,1H3. The molecular formula is C16H13ClO5S. The highest BCUT2D eigenvalue weighted by atomic mass is 35.7. The van der Waals surface area contributed by atoms with Gasteiger partial charge >= 0.3 is 0 Å². The van der Waals surface area contributed by atoms with Crippen molar-refractivity contribution >= 4 is 21.7 Å². The maximum Gasteiger partial charge on any atom is 0.148 e. The molecule has 5 nitrogen and oxygen atoms in total. The van der Waals surface area contributed by atoms with Crippen molar-refractivity contribution in [2.45, 2.75) is 4.90 Å². The van der Waals surface area contributed by atoms with Gasteiger partial charge in [0.1, 0.15) is 20.3 Å². The molecule has 0 aromatic heterocycles. The largest absolute Gasteiger partial charge is 0.497 e. The van der Waals surface area contributed by atoms with Gasteiger partial charge in [0.05, 0.1) is 27.1 Å². The average molecular weight is 353 g/mol. The molecule has 0 radical (unpaired) electrons. The minimum atomic E-state index is -4.54. The Kier molecular flexibility index (Phi) is 4.54. The van der Waals surface area contributed by atoms with Gasteiger partial charge in [-0.25, -0.2) is 0 Å². The third-order valence-electron chi connectivity index (χ3n) is 3.25.